The lowest BCUT2D eigenvalue weighted by atomic mass is 9.78. The van der Waals surface area contributed by atoms with Crippen LogP contribution in [0.5, 0.6) is 0 Å². The number of benzene rings is 5. The normalized spacial score (nSPS) is 16.8. The van der Waals surface area contributed by atoms with Gasteiger partial charge in [-0.3, -0.25) is 4.99 Å². The summed E-state index contributed by atoms with van der Waals surface area (Å²) in [5.41, 5.74) is 14.1. The molecule has 2 N–H and O–H groups in total. The van der Waals surface area contributed by atoms with E-state index in [2.05, 4.69) is 107 Å². The first-order chi connectivity index (χ1) is 22.1. The van der Waals surface area contributed by atoms with Gasteiger partial charge in [-0.2, -0.15) is 0 Å². The van der Waals surface area contributed by atoms with E-state index in [4.69, 9.17) is 25.0 Å². The van der Waals surface area contributed by atoms with Gasteiger partial charge in [0, 0.05) is 11.1 Å². The highest BCUT2D eigenvalue weighted by atomic mass is 16.7. The molecule has 5 nitrogen and oxygen atoms in total. The van der Waals surface area contributed by atoms with E-state index in [1.54, 1.807) is 0 Å². The molecule has 0 aliphatic carbocycles. The van der Waals surface area contributed by atoms with Crippen molar-refractivity contribution in [3.8, 4) is 22.3 Å². The fourth-order valence-electron chi connectivity index (χ4n) is 5.50. The quantitative estimate of drug-likeness (QED) is 0.115. The van der Waals surface area contributed by atoms with Gasteiger partial charge in [-0.15, -0.1) is 0 Å². The van der Waals surface area contributed by atoms with Gasteiger partial charge in [-0.25, -0.2) is 4.99 Å². The Balaban J connectivity index is 1.29. The highest BCUT2D eigenvalue weighted by Crippen LogP contribution is 2.37. The number of nitrogens with two attached hydrogens (primary N) is 1. The molecule has 0 spiro atoms. The smallest absolute Gasteiger partial charge is 0.399 e. The third-order valence-corrected chi connectivity index (χ3v) is 8.96. The number of amidine groups is 2. The summed E-state index contributed by atoms with van der Waals surface area (Å²) in [6.07, 6.45) is 0. The molecule has 5 aromatic rings. The van der Waals surface area contributed by atoms with Gasteiger partial charge in [-0.05, 0) is 80.0 Å². The minimum absolute atomic E-state index is 0.0784. The molecular weight excluding hydrogens is 565 g/mol. The minimum atomic E-state index is -0.410. The zero-order valence-electron chi connectivity index (χ0n) is 27.1. The molecule has 0 aromatic heterocycles. The Labute approximate surface area is 273 Å². The fourth-order valence-corrected chi connectivity index (χ4v) is 5.50. The average Bonchev–Trinajstić information content (AvgIpc) is 3.31. The van der Waals surface area contributed by atoms with E-state index < -0.39 is 18.3 Å². The van der Waals surface area contributed by atoms with Crippen molar-refractivity contribution in [2.45, 2.75) is 51.9 Å². The van der Waals surface area contributed by atoms with E-state index in [-0.39, 0.29) is 6.04 Å². The van der Waals surface area contributed by atoms with E-state index in [0.717, 1.165) is 44.4 Å². The highest BCUT2D eigenvalue weighted by Gasteiger charge is 2.51. The van der Waals surface area contributed by atoms with Gasteiger partial charge in [-0.1, -0.05) is 121 Å². The predicted molar refractivity (Wildman–Crippen MR) is 192 cm³/mol. The number of hydrogen-bond acceptors (Lipinski definition) is 3. The molecule has 6 heteroatoms. The molecule has 1 aliphatic heterocycles. The van der Waals surface area contributed by atoms with E-state index >= 15 is 0 Å². The highest BCUT2D eigenvalue weighted by molar-refractivity contribution is 6.62. The first kappa shape index (κ1) is 31.2. The standard InChI is InChI=1S/C40H40BN3O2/c1-28(29-15-8-6-9-16-29)43-38(30-17-10-7-11-18-30)44-37(42)35-23-13-21-33(26-35)31-19-12-20-32(25-31)34-22-14-24-36(27-34)41-45-39(2,3)40(4,5)46-41/h6-28H,1-5H3,(H2,42,43,44). The molecule has 0 amide bonds. The summed E-state index contributed by atoms with van der Waals surface area (Å²) in [6.45, 7) is 10.4. The van der Waals surface area contributed by atoms with Crippen molar-refractivity contribution in [1.82, 2.24) is 0 Å². The van der Waals surface area contributed by atoms with Crippen molar-refractivity contribution >= 4 is 24.3 Å². The van der Waals surface area contributed by atoms with Crippen LogP contribution < -0.4 is 11.2 Å². The fraction of sp³-hybridized carbons (Fsp3) is 0.200. The molecule has 1 aliphatic rings. The molecule has 1 heterocycles. The van der Waals surface area contributed by atoms with Crippen LogP contribution in [0.15, 0.2) is 143 Å². The zero-order chi connectivity index (χ0) is 32.3. The van der Waals surface area contributed by atoms with Crippen LogP contribution in [0.4, 0.5) is 0 Å². The molecule has 0 radical (unpaired) electrons. The van der Waals surface area contributed by atoms with Gasteiger partial charge in [0.2, 0.25) is 0 Å². The van der Waals surface area contributed by atoms with Crippen molar-refractivity contribution in [2.75, 3.05) is 0 Å². The number of nitrogens with zero attached hydrogens (tertiary/aromatic N) is 2. The van der Waals surface area contributed by atoms with Gasteiger partial charge in [0.15, 0.2) is 5.84 Å². The second-order valence-electron chi connectivity index (χ2n) is 12.8. The maximum Gasteiger partial charge on any atom is 0.494 e. The molecule has 1 unspecified atom stereocenters. The lowest BCUT2D eigenvalue weighted by molar-refractivity contribution is 0.00578. The van der Waals surface area contributed by atoms with E-state index in [1.807, 2.05) is 60.7 Å². The van der Waals surface area contributed by atoms with Crippen LogP contribution in [0.2, 0.25) is 0 Å². The molecule has 0 saturated carbocycles. The Hall–Kier alpha value is -4.78. The Kier molecular flexibility index (Phi) is 8.76. The van der Waals surface area contributed by atoms with Crippen LogP contribution in [0.25, 0.3) is 22.3 Å². The Morgan fingerprint density at radius 2 is 1.11 bits per heavy atom. The van der Waals surface area contributed by atoms with Crippen LogP contribution in [0, 0.1) is 0 Å². The van der Waals surface area contributed by atoms with E-state index in [1.165, 1.54) is 0 Å². The first-order valence-electron chi connectivity index (χ1n) is 15.8. The second-order valence-corrected chi connectivity index (χ2v) is 12.8. The van der Waals surface area contributed by atoms with Crippen molar-refractivity contribution in [3.05, 3.63) is 150 Å². The number of aliphatic imine (C=N–C) groups is 2. The van der Waals surface area contributed by atoms with Crippen molar-refractivity contribution in [3.63, 3.8) is 0 Å². The minimum Gasteiger partial charge on any atom is -0.399 e. The van der Waals surface area contributed by atoms with Crippen molar-refractivity contribution in [1.29, 1.82) is 0 Å². The SMILES string of the molecule is CC(N=C(N=C(N)c1cccc(-c2cccc(-c3cccc(B4OC(C)(C)C(C)(C)O4)c3)c2)c1)c1ccccc1)c1ccccc1. The molecular formula is C40H40BN3O2. The summed E-state index contributed by atoms with van der Waals surface area (Å²) in [6, 6.07) is 45.3. The summed E-state index contributed by atoms with van der Waals surface area (Å²) in [4.78, 5) is 9.86. The predicted octanol–water partition coefficient (Wildman–Crippen LogP) is 8.23. The summed E-state index contributed by atoms with van der Waals surface area (Å²) in [5.74, 6) is 1.01. The number of rotatable bonds is 7. The van der Waals surface area contributed by atoms with Crippen LogP contribution >= 0.6 is 0 Å². The van der Waals surface area contributed by atoms with Crippen LogP contribution in [-0.4, -0.2) is 30.0 Å². The average molecular weight is 606 g/mol. The topological polar surface area (TPSA) is 69.2 Å². The van der Waals surface area contributed by atoms with Gasteiger partial charge in [0.1, 0.15) is 5.84 Å². The van der Waals surface area contributed by atoms with Crippen molar-refractivity contribution < 1.29 is 9.31 Å². The number of hydrogen-bond donors (Lipinski definition) is 1. The molecule has 1 fully saturated rings. The van der Waals surface area contributed by atoms with Gasteiger partial charge >= 0.3 is 7.12 Å². The molecule has 1 saturated heterocycles. The molecule has 6 rings (SSSR count). The van der Waals surface area contributed by atoms with Crippen LogP contribution in [0.3, 0.4) is 0 Å². The molecule has 5 aromatic carbocycles. The summed E-state index contributed by atoms with van der Waals surface area (Å²) < 4.78 is 12.6. The summed E-state index contributed by atoms with van der Waals surface area (Å²) >= 11 is 0. The molecule has 0 bridgehead atoms. The van der Waals surface area contributed by atoms with Gasteiger partial charge < -0.3 is 15.0 Å². The summed E-state index contributed by atoms with van der Waals surface area (Å²) in [7, 11) is -0.410. The summed E-state index contributed by atoms with van der Waals surface area (Å²) in [5, 5.41) is 0. The lowest BCUT2D eigenvalue weighted by Gasteiger charge is -2.32. The van der Waals surface area contributed by atoms with Gasteiger partial charge in [0.25, 0.3) is 0 Å². The largest absolute Gasteiger partial charge is 0.494 e. The third-order valence-electron chi connectivity index (χ3n) is 8.96. The van der Waals surface area contributed by atoms with Crippen LogP contribution in [-0.2, 0) is 9.31 Å². The maximum atomic E-state index is 6.68. The lowest BCUT2D eigenvalue weighted by Crippen LogP contribution is -2.41. The van der Waals surface area contributed by atoms with Crippen LogP contribution in [0.1, 0.15) is 57.4 Å². The molecule has 46 heavy (non-hydrogen) atoms. The van der Waals surface area contributed by atoms with E-state index in [9.17, 15) is 0 Å². The first-order valence-corrected chi connectivity index (χ1v) is 15.8. The van der Waals surface area contributed by atoms with E-state index in [0.29, 0.717) is 11.7 Å². The Morgan fingerprint density at radius 1 is 0.609 bits per heavy atom. The maximum absolute atomic E-state index is 6.68. The Morgan fingerprint density at radius 3 is 1.74 bits per heavy atom. The van der Waals surface area contributed by atoms with Crippen molar-refractivity contribution in [2.24, 2.45) is 15.7 Å². The third kappa shape index (κ3) is 6.74. The Bertz CT molecular complexity index is 1870. The zero-order valence-corrected chi connectivity index (χ0v) is 27.1. The molecule has 230 valence electrons. The monoisotopic (exact) mass is 605 g/mol. The molecule has 1 atom stereocenters. The van der Waals surface area contributed by atoms with Gasteiger partial charge in [0.05, 0.1) is 17.2 Å². The second kappa shape index (κ2) is 12.9.